The Balaban J connectivity index is 4.15. The number of hydrogen-bond acceptors (Lipinski definition) is 6. The van der Waals surface area contributed by atoms with Gasteiger partial charge in [0.1, 0.15) is 0 Å². The predicted octanol–water partition coefficient (Wildman–Crippen LogP) is 10.1. The van der Waals surface area contributed by atoms with Gasteiger partial charge in [0, 0.05) is 13.0 Å². The number of carbonyl (C=O) groups is 1. The SMILES string of the molecule is CCCCCCCCC/C=C/[C@@H](O)[C@H](COP(=O)(O)OCCN)NC(=O)CCCCCCCCCCCCCCCCCCCC. The lowest BCUT2D eigenvalue weighted by Crippen LogP contribution is -2.45. The molecule has 274 valence electrons. The Morgan fingerprint density at radius 3 is 1.54 bits per heavy atom. The molecular weight excluding hydrogens is 599 g/mol. The van der Waals surface area contributed by atoms with Crippen molar-refractivity contribution in [1.29, 1.82) is 0 Å². The van der Waals surface area contributed by atoms with E-state index in [2.05, 4.69) is 19.2 Å². The summed E-state index contributed by atoms with van der Waals surface area (Å²) in [4.78, 5) is 22.5. The third-order valence-corrected chi connectivity index (χ3v) is 9.60. The number of rotatable bonds is 36. The molecule has 0 aromatic carbocycles. The van der Waals surface area contributed by atoms with Gasteiger partial charge in [-0.05, 0) is 19.3 Å². The molecule has 5 N–H and O–H groups in total. The molecule has 0 aromatic rings. The van der Waals surface area contributed by atoms with Gasteiger partial charge in [0.2, 0.25) is 5.91 Å². The highest BCUT2D eigenvalue weighted by molar-refractivity contribution is 7.47. The van der Waals surface area contributed by atoms with Crippen molar-refractivity contribution in [3.63, 3.8) is 0 Å². The second-order valence-electron chi connectivity index (χ2n) is 13.1. The average Bonchev–Trinajstić information content (AvgIpc) is 3.04. The summed E-state index contributed by atoms with van der Waals surface area (Å²) in [6.45, 7) is 4.11. The lowest BCUT2D eigenvalue weighted by Gasteiger charge is -2.23. The maximum absolute atomic E-state index is 12.7. The van der Waals surface area contributed by atoms with Crippen LogP contribution in [0.1, 0.15) is 187 Å². The van der Waals surface area contributed by atoms with Crippen LogP contribution in [0.2, 0.25) is 0 Å². The molecule has 0 radical (unpaired) electrons. The molecule has 0 aliphatic heterocycles. The highest BCUT2D eigenvalue weighted by Gasteiger charge is 2.26. The topological polar surface area (TPSA) is 131 Å². The third-order valence-electron chi connectivity index (χ3n) is 8.61. The number of amides is 1. The zero-order chi connectivity index (χ0) is 34.0. The number of allylic oxidation sites excluding steroid dienone is 1. The monoisotopic (exact) mass is 675 g/mol. The van der Waals surface area contributed by atoms with Crippen molar-refractivity contribution in [2.45, 2.75) is 199 Å². The lowest BCUT2D eigenvalue weighted by atomic mass is 10.0. The molecule has 0 aliphatic rings. The number of nitrogens with one attached hydrogen (secondary N) is 1. The minimum Gasteiger partial charge on any atom is -0.387 e. The molecule has 3 atom stereocenters. The van der Waals surface area contributed by atoms with Crippen molar-refractivity contribution in [3.05, 3.63) is 12.2 Å². The van der Waals surface area contributed by atoms with E-state index in [1.54, 1.807) is 6.08 Å². The molecule has 0 fully saturated rings. The summed E-state index contributed by atoms with van der Waals surface area (Å²) in [5.41, 5.74) is 5.35. The molecule has 0 spiro atoms. The van der Waals surface area contributed by atoms with E-state index >= 15 is 0 Å². The normalized spacial score (nSPS) is 14.5. The van der Waals surface area contributed by atoms with E-state index in [-0.39, 0.29) is 25.7 Å². The van der Waals surface area contributed by atoms with E-state index in [0.717, 1.165) is 38.5 Å². The van der Waals surface area contributed by atoms with E-state index < -0.39 is 20.0 Å². The van der Waals surface area contributed by atoms with Gasteiger partial charge in [0.05, 0.1) is 25.4 Å². The number of phosphoric ester groups is 1. The fourth-order valence-corrected chi connectivity index (χ4v) is 6.42. The third kappa shape index (κ3) is 31.8. The summed E-state index contributed by atoms with van der Waals surface area (Å²) in [5.74, 6) is -0.194. The first-order valence-electron chi connectivity index (χ1n) is 19.3. The number of nitrogens with two attached hydrogens (primary N) is 1. The lowest BCUT2D eigenvalue weighted by molar-refractivity contribution is -0.123. The fraction of sp³-hybridized carbons (Fsp3) is 0.919. The summed E-state index contributed by atoms with van der Waals surface area (Å²) < 4.78 is 22.0. The summed E-state index contributed by atoms with van der Waals surface area (Å²) in [6.07, 6.45) is 35.5. The van der Waals surface area contributed by atoms with E-state index in [0.29, 0.717) is 6.42 Å². The second-order valence-corrected chi connectivity index (χ2v) is 14.6. The van der Waals surface area contributed by atoms with Crippen molar-refractivity contribution in [3.8, 4) is 0 Å². The van der Waals surface area contributed by atoms with Gasteiger partial charge in [-0.2, -0.15) is 0 Å². The highest BCUT2D eigenvalue weighted by atomic mass is 31.2. The molecular formula is C37H75N2O6P. The van der Waals surface area contributed by atoms with Crippen LogP contribution >= 0.6 is 7.82 Å². The van der Waals surface area contributed by atoms with Gasteiger partial charge in [-0.15, -0.1) is 0 Å². The van der Waals surface area contributed by atoms with E-state index in [1.165, 1.54) is 128 Å². The molecule has 0 bridgehead atoms. The van der Waals surface area contributed by atoms with Crippen molar-refractivity contribution < 1.29 is 28.4 Å². The Hall–Kier alpha value is -0.760. The Kier molecular flexibility index (Phi) is 33.6. The Morgan fingerprint density at radius 2 is 1.11 bits per heavy atom. The molecule has 1 amide bonds. The van der Waals surface area contributed by atoms with Crippen molar-refractivity contribution in [2.24, 2.45) is 5.73 Å². The zero-order valence-electron chi connectivity index (χ0n) is 30.1. The quantitative estimate of drug-likeness (QED) is 0.0295. The predicted molar refractivity (Wildman–Crippen MR) is 194 cm³/mol. The van der Waals surface area contributed by atoms with Gasteiger partial charge in [-0.3, -0.25) is 13.8 Å². The molecule has 8 nitrogen and oxygen atoms in total. The van der Waals surface area contributed by atoms with E-state index in [9.17, 15) is 19.4 Å². The number of phosphoric acid groups is 1. The molecule has 0 rings (SSSR count). The van der Waals surface area contributed by atoms with Crippen LogP contribution in [0.25, 0.3) is 0 Å². The van der Waals surface area contributed by atoms with Crippen LogP contribution in [0.3, 0.4) is 0 Å². The first-order chi connectivity index (χ1) is 22.4. The minimum atomic E-state index is -4.32. The first-order valence-corrected chi connectivity index (χ1v) is 20.8. The maximum Gasteiger partial charge on any atom is 0.472 e. The Bertz CT molecular complexity index is 739. The van der Waals surface area contributed by atoms with Crippen molar-refractivity contribution in [2.75, 3.05) is 19.8 Å². The number of aliphatic hydroxyl groups is 1. The second kappa shape index (κ2) is 34.1. The number of hydrogen-bond donors (Lipinski definition) is 4. The first kappa shape index (κ1) is 45.2. The van der Waals surface area contributed by atoms with Gasteiger partial charge in [-0.25, -0.2) is 4.57 Å². The van der Waals surface area contributed by atoms with Gasteiger partial charge >= 0.3 is 7.82 Å². The number of aliphatic hydroxyl groups excluding tert-OH is 1. The molecule has 0 saturated heterocycles. The van der Waals surface area contributed by atoms with Crippen LogP contribution in [0.4, 0.5) is 0 Å². The van der Waals surface area contributed by atoms with Gasteiger partial charge in [0.25, 0.3) is 0 Å². The van der Waals surface area contributed by atoms with Crippen molar-refractivity contribution >= 4 is 13.7 Å². The van der Waals surface area contributed by atoms with Crippen LogP contribution in [-0.2, 0) is 18.4 Å². The maximum atomic E-state index is 12.7. The Labute approximate surface area is 284 Å². The van der Waals surface area contributed by atoms with E-state index in [1.807, 2.05) is 6.08 Å². The highest BCUT2D eigenvalue weighted by Crippen LogP contribution is 2.43. The van der Waals surface area contributed by atoms with Crippen LogP contribution in [0.15, 0.2) is 12.2 Å². The molecule has 0 saturated carbocycles. The molecule has 0 aromatic heterocycles. The van der Waals surface area contributed by atoms with Crippen LogP contribution in [-0.4, -0.2) is 47.8 Å². The number of carbonyl (C=O) groups excluding carboxylic acids is 1. The Morgan fingerprint density at radius 1 is 0.696 bits per heavy atom. The van der Waals surface area contributed by atoms with Crippen LogP contribution in [0.5, 0.6) is 0 Å². The van der Waals surface area contributed by atoms with Gasteiger partial charge in [-0.1, -0.05) is 174 Å². The van der Waals surface area contributed by atoms with Gasteiger partial charge < -0.3 is 21.1 Å². The molecule has 1 unspecified atom stereocenters. The summed E-state index contributed by atoms with van der Waals surface area (Å²) in [7, 11) is -4.32. The number of unbranched alkanes of at least 4 members (excludes halogenated alkanes) is 24. The van der Waals surface area contributed by atoms with Crippen LogP contribution in [0, 0.1) is 0 Å². The summed E-state index contributed by atoms with van der Waals surface area (Å²) in [6, 6.07) is -0.852. The minimum absolute atomic E-state index is 0.0808. The van der Waals surface area contributed by atoms with Gasteiger partial charge in [0.15, 0.2) is 0 Å². The molecule has 9 heteroatoms. The van der Waals surface area contributed by atoms with Crippen LogP contribution < -0.4 is 11.1 Å². The molecule has 0 heterocycles. The summed E-state index contributed by atoms with van der Waals surface area (Å²) in [5, 5.41) is 13.5. The molecule has 0 aliphatic carbocycles. The zero-order valence-corrected chi connectivity index (χ0v) is 31.0. The average molecular weight is 675 g/mol. The summed E-state index contributed by atoms with van der Waals surface area (Å²) >= 11 is 0. The largest absolute Gasteiger partial charge is 0.472 e. The van der Waals surface area contributed by atoms with Crippen molar-refractivity contribution in [1.82, 2.24) is 5.32 Å². The fourth-order valence-electron chi connectivity index (χ4n) is 5.66. The molecule has 46 heavy (non-hydrogen) atoms. The standard InChI is InChI=1S/C37H75N2O6P/c1-3-5-7-9-11-13-14-15-16-17-18-19-20-21-23-25-27-29-31-37(41)39-35(34-45-46(42,43)44-33-32-38)36(40)30-28-26-24-22-12-10-8-6-4-2/h28,30,35-36,40H,3-27,29,31-34,38H2,1-2H3,(H,39,41)(H,42,43)/b30-28+/t35-,36+/m0/s1. The smallest absolute Gasteiger partial charge is 0.387 e. The van der Waals surface area contributed by atoms with E-state index in [4.69, 9.17) is 14.8 Å².